The Morgan fingerprint density at radius 3 is 1.58 bits per heavy atom. The Kier molecular flexibility index (Phi) is 5.84. The van der Waals surface area contributed by atoms with E-state index in [4.69, 9.17) is 0 Å². The second-order valence-corrected chi connectivity index (χ2v) is 4.76. The zero-order chi connectivity index (χ0) is 17.4. The summed E-state index contributed by atoms with van der Waals surface area (Å²) in [5.74, 6) is -1.83. The summed E-state index contributed by atoms with van der Waals surface area (Å²) in [6.07, 6.45) is 6.47. The van der Waals surface area contributed by atoms with E-state index in [0.717, 1.165) is 11.1 Å². The second-order valence-electron chi connectivity index (χ2n) is 4.76. The van der Waals surface area contributed by atoms with Crippen molar-refractivity contribution in [1.82, 2.24) is 20.8 Å². The smallest absolute Gasteiger partial charge is 0.264 e. The van der Waals surface area contributed by atoms with Crippen LogP contribution in [0.15, 0.2) is 59.3 Å². The van der Waals surface area contributed by atoms with Gasteiger partial charge in [-0.05, 0) is 26.0 Å². The van der Waals surface area contributed by atoms with Crippen LogP contribution in [0.1, 0.15) is 25.0 Å². The van der Waals surface area contributed by atoms with Crippen LogP contribution >= 0.6 is 0 Å². The van der Waals surface area contributed by atoms with Gasteiger partial charge in [-0.1, -0.05) is 12.1 Å². The molecule has 0 aliphatic carbocycles. The number of carbonyl (C=O) groups excluding carboxylic acids is 2. The lowest BCUT2D eigenvalue weighted by Crippen LogP contribution is -2.36. The Labute approximate surface area is 138 Å². The topological polar surface area (TPSA) is 109 Å². The van der Waals surface area contributed by atoms with E-state index >= 15 is 0 Å². The fourth-order valence-corrected chi connectivity index (χ4v) is 1.65. The number of hydrogen-bond acceptors (Lipinski definition) is 6. The Bertz CT molecular complexity index is 704. The highest BCUT2D eigenvalue weighted by atomic mass is 16.2. The van der Waals surface area contributed by atoms with E-state index in [1.807, 2.05) is 0 Å². The van der Waals surface area contributed by atoms with Crippen molar-refractivity contribution >= 4 is 23.2 Å². The molecule has 0 bridgehead atoms. The molecule has 2 N–H and O–H groups in total. The standard InChI is InChI=1S/C16H16N6O2/c1-11(13-5-3-7-17-9-13)19-21-15(23)16(24)22-20-12(2)14-6-4-8-18-10-14/h3-10H,1-2H3,(H,21,23)(H,22,24)/b19-11-,20-12-. The van der Waals surface area contributed by atoms with E-state index < -0.39 is 11.8 Å². The molecule has 2 aromatic rings. The third-order valence-electron chi connectivity index (χ3n) is 3.02. The lowest BCUT2D eigenvalue weighted by molar-refractivity contribution is -0.139. The average Bonchev–Trinajstić information content (AvgIpc) is 2.64. The fraction of sp³-hybridized carbons (Fsp3) is 0.125. The van der Waals surface area contributed by atoms with Crippen molar-refractivity contribution < 1.29 is 9.59 Å². The Morgan fingerprint density at radius 1 is 0.833 bits per heavy atom. The fourth-order valence-electron chi connectivity index (χ4n) is 1.65. The number of amides is 2. The molecular formula is C16H16N6O2. The molecule has 24 heavy (non-hydrogen) atoms. The van der Waals surface area contributed by atoms with Crippen LogP contribution in [0.5, 0.6) is 0 Å². The van der Waals surface area contributed by atoms with Crippen molar-refractivity contribution in [3.8, 4) is 0 Å². The number of aromatic nitrogens is 2. The zero-order valence-electron chi connectivity index (χ0n) is 13.2. The van der Waals surface area contributed by atoms with E-state index in [0.29, 0.717) is 11.4 Å². The molecule has 2 heterocycles. The van der Waals surface area contributed by atoms with Gasteiger partial charge < -0.3 is 0 Å². The summed E-state index contributed by atoms with van der Waals surface area (Å²) in [6.45, 7) is 3.39. The first-order valence-corrected chi connectivity index (χ1v) is 7.07. The lowest BCUT2D eigenvalue weighted by Gasteiger charge is -2.03. The molecule has 2 rings (SSSR count). The number of pyridine rings is 2. The van der Waals surface area contributed by atoms with Gasteiger partial charge in [0.15, 0.2) is 0 Å². The highest BCUT2D eigenvalue weighted by molar-refractivity contribution is 6.35. The summed E-state index contributed by atoms with van der Waals surface area (Å²) < 4.78 is 0. The quantitative estimate of drug-likeness (QED) is 0.494. The lowest BCUT2D eigenvalue weighted by atomic mass is 10.2. The Morgan fingerprint density at radius 2 is 1.25 bits per heavy atom. The molecule has 0 unspecified atom stereocenters. The van der Waals surface area contributed by atoms with Crippen molar-refractivity contribution in [3.05, 3.63) is 60.2 Å². The summed E-state index contributed by atoms with van der Waals surface area (Å²) in [4.78, 5) is 31.3. The number of nitrogens with zero attached hydrogens (tertiary/aromatic N) is 4. The number of rotatable bonds is 4. The minimum atomic E-state index is -0.916. The van der Waals surface area contributed by atoms with Gasteiger partial charge >= 0.3 is 11.8 Å². The molecule has 0 saturated carbocycles. The van der Waals surface area contributed by atoms with Crippen LogP contribution in [0.4, 0.5) is 0 Å². The van der Waals surface area contributed by atoms with Gasteiger partial charge in [0, 0.05) is 35.9 Å². The van der Waals surface area contributed by atoms with Crippen molar-refractivity contribution in [1.29, 1.82) is 0 Å². The van der Waals surface area contributed by atoms with Crippen molar-refractivity contribution in [3.63, 3.8) is 0 Å². The minimum absolute atomic E-state index is 0.527. The summed E-state index contributed by atoms with van der Waals surface area (Å²) in [5.41, 5.74) is 6.88. The first-order chi connectivity index (χ1) is 11.6. The van der Waals surface area contributed by atoms with E-state index in [1.54, 1.807) is 62.9 Å². The monoisotopic (exact) mass is 324 g/mol. The molecule has 0 aliphatic rings. The third-order valence-corrected chi connectivity index (χ3v) is 3.02. The van der Waals surface area contributed by atoms with Gasteiger partial charge in [-0.25, -0.2) is 10.9 Å². The molecule has 0 spiro atoms. The molecule has 0 atom stereocenters. The van der Waals surface area contributed by atoms with Gasteiger partial charge in [-0.15, -0.1) is 0 Å². The van der Waals surface area contributed by atoms with Crippen molar-refractivity contribution in [2.24, 2.45) is 10.2 Å². The number of carbonyl (C=O) groups is 2. The molecule has 122 valence electrons. The number of nitrogens with one attached hydrogen (secondary N) is 2. The van der Waals surface area contributed by atoms with E-state index in [9.17, 15) is 9.59 Å². The summed E-state index contributed by atoms with van der Waals surface area (Å²) in [7, 11) is 0. The van der Waals surface area contributed by atoms with Crippen LogP contribution < -0.4 is 10.9 Å². The van der Waals surface area contributed by atoms with Gasteiger partial charge in [-0.3, -0.25) is 19.6 Å². The molecular weight excluding hydrogens is 308 g/mol. The second kappa shape index (κ2) is 8.28. The maximum Gasteiger partial charge on any atom is 0.331 e. The summed E-state index contributed by atoms with van der Waals surface area (Å²) in [5, 5.41) is 7.72. The highest BCUT2D eigenvalue weighted by Gasteiger charge is 2.12. The highest BCUT2D eigenvalue weighted by Crippen LogP contribution is 1.98. The van der Waals surface area contributed by atoms with Crippen LogP contribution in [0.25, 0.3) is 0 Å². The van der Waals surface area contributed by atoms with E-state index in [-0.39, 0.29) is 0 Å². The van der Waals surface area contributed by atoms with Crippen LogP contribution in [-0.2, 0) is 9.59 Å². The minimum Gasteiger partial charge on any atom is -0.264 e. The number of hydrazone groups is 2. The zero-order valence-corrected chi connectivity index (χ0v) is 13.2. The van der Waals surface area contributed by atoms with Gasteiger partial charge in [0.1, 0.15) is 0 Å². The molecule has 0 aliphatic heterocycles. The summed E-state index contributed by atoms with van der Waals surface area (Å²) >= 11 is 0. The molecule has 0 aromatic carbocycles. The molecule has 2 amide bonds. The van der Waals surface area contributed by atoms with Gasteiger partial charge in [0.05, 0.1) is 11.4 Å². The van der Waals surface area contributed by atoms with Crippen LogP contribution in [0, 0.1) is 0 Å². The molecule has 8 heteroatoms. The summed E-state index contributed by atoms with van der Waals surface area (Å²) in [6, 6.07) is 7.08. The molecule has 2 aromatic heterocycles. The maximum absolute atomic E-state index is 11.7. The van der Waals surface area contributed by atoms with Crippen LogP contribution in [0.2, 0.25) is 0 Å². The SMILES string of the molecule is C/C(=N/NC(=O)C(=O)N/N=C(/C)c1cccnc1)c1cccnc1. The number of hydrogen-bond donors (Lipinski definition) is 2. The average molecular weight is 324 g/mol. The molecule has 0 saturated heterocycles. The van der Waals surface area contributed by atoms with Crippen molar-refractivity contribution in [2.45, 2.75) is 13.8 Å². The maximum atomic E-state index is 11.7. The normalized spacial score (nSPS) is 11.8. The van der Waals surface area contributed by atoms with Crippen LogP contribution in [-0.4, -0.2) is 33.2 Å². The van der Waals surface area contributed by atoms with Gasteiger partial charge in [-0.2, -0.15) is 10.2 Å². The predicted molar refractivity (Wildman–Crippen MR) is 89.2 cm³/mol. The largest absolute Gasteiger partial charge is 0.331 e. The van der Waals surface area contributed by atoms with Gasteiger partial charge in [0.25, 0.3) is 0 Å². The van der Waals surface area contributed by atoms with Gasteiger partial charge in [0.2, 0.25) is 0 Å². The van der Waals surface area contributed by atoms with E-state index in [2.05, 4.69) is 31.0 Å². The first kappa shape index (κ1) is 16.9. The molecule has 8 nitrogen and oxygen atoms in total. The first-order valence-electron chi connectivity index (χ1n) is 7.07. The van der Waals surface area contributed by atoms with Crippen molar-refractivity contribution in [2.75, 3.05) is 0 Å². The van der Waals surface area contributed by atoms with E-state index in [1.165, 1.54) is 0 Å². The van der Waals surface area contributed by atoms with Crippen LogP contribution in [0.3, 0.4) is 0 Å². The molecule has 0 fully saturated rings. The Balaban J connectivity index is 1.92. The Hall–Kier alpha value is -3.42. The predicted octanol–water partition coefficient (Wildman–Crippen LogP) is 0.857. The third kappa shape index (κ3) is 4.80. The molecule has 0 radical (unpaired) electrons.